The van der Waals surface area contributed by atoms with Gasteiger partial charge in [-0.25, -0.2) is 4.98 Å². The van der Waals surface area contributed by atoms with E-state index >= 15 is 0 Å². The third kappa shape index (κ3) is 1.71. The lowest BCUT2D eigenvalue weighted by Gasteiger charge is -2.34. The second-order valence-corrected chi connectivity index (χ2v) is 5.42. The molecule has 19 heavy (non-hydrogen) atoms. The first-order valence-corrected chi connectivity index (χ1v) is 6.83. The largest absolute Gasteiger partial charge is 0.387 e. The predicted octanol–water partition coefficient (Wildman–Crippen LogP) is 1.36. The van der Waals surface area contributed by atoms with Crippen molar-refractivity contribution in [3.05, 3.63) is 53.6 Å². The van der Waals surface area contributed by atoms with Crippen molar-refractivity contribution in [3.8, 4) is 0 Å². The van der Waals surface area contributed by atoms with Crippen molar-refractivity contribution >= 4 is 0 Å². The average Bonchev–Trinajstić information content (AvgIpc) is 3.03. The van der Waals surface area contributed by atoms with E-state index in [9.17, 15) is 5.11 Å². The monoisotopic (exact) mass is 255 g/mol. The second-order valence-electron chi connectivity index (χ2n) is 5.42. The molecule has 0 spiro atoms. The third-order valence-electron chi connectivity index (χ3n) is 4.41. The number of benzene rings is 1. The van der Waals surface area contributed by atoms with E-state index in [4.69, 9.17) is 0 Å². The molecule has 2 aromatic rings. The zero-order chi connectivity index (χ0) is 12.8. The van der Waals surface area contributed by atoms with Gasteiger partial charge in [0.05, 0.1) is 12.6 Å². The highest BCUT2D eigenvalue weighted by Crippen LogP contribution is 2.35. The van der Waals surface area contributed by atoms with E-state index in [1.165, 1.54) is 5.56 Å². The summed E-state index contributed by atoms with van der Waals surface area (Å²) >= 11 is 0. The van der Waals surface area contributed by atoms with Gasteiger partial charge in [-0.3, -0.25) is 4.90 Å². The highest BCUT2D eigenvalue weighted by molar-refractivity contribution is 5.36. The van der Waals surface area contributed by atoms with Crippen LogP contribution >= 0.6 is 0 Å². The molecule has 2 aliphatic rings. The van der Waals surface area contributed by atoms with Gasteiger partial charge in [0.25, 0.3) is 0 Å². The Hall–Kier alpha value is -1.65. The van der Waals surface area contributed by atoms with E-state index in [0.717, 1.165) is 37.4 Å². The van der Waals surface area contributed by atoms with Gasteiger partial charge in [0.15, 0.2) is 0 Å². The highest BCUT2D eigenvalue weighted by atomic mass is 16.3. The van der Waals surface area contributed by atoms with Gasteiger partial charge < -0.3 is 9.67 Å². The maximum Gasteiger partial charge on any atom is 0.122 e. The Morgan fingerprint density at radius 2 is 2.11 bits per heavy atom. The van der Waals surface area contributed by atoms with Gasteiger partial charge in [0.1, 0.15) is 5.82 Å². The van der Waals surface area contributed by atoms with Gasteiger partial charge in [-0.15, -0.1) is 0 Å². The molecule has 0 amide bonds. The minimum Gasteiger partial charge on any atom is -0.387 e. The summed E-state index contributed by atoms with van der Waals surface area (Å²) < 4.78 is 2.20. The second kappa shape index (κ2) is 4.18. The van der Waals surface area contributed by atoms with Crippen LogP contribution in [0.1, 0.15) is 23.1 Å². The maximum atomic E-state index is 10.5. The van der Waals surface area contributed by atoms with Gasteiger partial charge in [-0.05, 0) is 17.5 Å². The standard InChI is InChI=1S/C15H17N3O/c19-15-12-4-2-1-3-11(12)9-13(15)18-8-7-17-6-5-16-14(17)10-18/h1-6,13,15,19H,7-10H2. The summed E-state index contributed by atoms with van der Waals surface area (Å²) in [7, 11) is 0. The third-order valence-corrected chi connectivity index (χ3v) is 4.41. The van der Waals surface area contributed by atoms with Gasteiger partial charge in [0, 0.05) is 31.5 Å². The van der Waals surface area contributed by atoms with Crippen LogP contribution in [0.5, 0.6) is 0 Å². The Labute approximate surface area is 112 Å². The molecule has 98 valence electrons. The molecule has 0 saturated heterocycles. The molecule has 2 atom stereocenters. The van der Waals surface area contributed by atoms with Crippen molar-refractivity contribution in [3.63, 3.8) is 0 Å². The maximum absolute atomic E-state index is 10.5. The van der Waals surface area contributed by atoms with Crippen LogP contribution in [0.25, 0.3) is 0 Å². The molecule has 4 nitrogen and oxygen atoms in total. The van der Waals surface area contributed by atoms with E-state index in [1.807, 2.05) is 24.5 Å². The van der Waals surface area contributed by atoms with E-state index < -0.39 is 0 Å². The molecule has 0 saturated carbocycles. The summed E-state index contributed by atoms with van der Waals surface area (Å²) in [5.41, 5.74) is 2.38. The SMILES string of the molecule is OC1c2ccccc2CC1N1CCn2ccnc2C1. The first kappa shape index (κ1) is 11.2. The number of rotatable bonds is 1. The molecule has 1 N–H and O–H groups in total. The zero-order valence-corrected chi connectivity index (χ0v) is 10.7. The lowest BCUT2D eigenvalue weighted by atomic mass is 10.1. The van der Waals surface area contributed by atoms with Crippen molar-refractivity contribution in [2.45, 2.75) is 31.7 Å². The summed E-state index contributed by atoms with van der Waals surface area (Å²) in [4.78, 5) is 6.76. The molecule has 2 heterocycles. The first-order chi connectivity index (χ1) is 9.33. The van der Waals surface area contributed by atoms with E-state index in [-0.39, 0.29) is 12.1 Å². The summed E-state index contributed by atoms with van der Waals surface area (Å²) in [5, 5.41) is 10.5. The van der Waals surface area contributed by atoms with Crippen LogP contribution < -0.4 is 0 Å². The van der Waals surface area contributed by atoms with Crippen LogP contribution in [-0.2, 0) is 19.5 Å². The predicted molar refractivity (Wildman–Crippen MR) is 71.5 cm³/mol. The first-order valence-electron chi connectivity index (χ1n) is 6.83. The van der Waals surface area contributed by atoms with Crippen LogP contribution in [0.3, 0.4) is 0 Å². The summed E-state index contributed by atoms with van der Waals surface area (Å²) in [5.74, 6) is 1.11. The van der Waals surface area contributed by atoms with Crippen molar-refractivity contribution in [2.75, 3.05) is 6.54 Å². The molecule has 1 aromatic carbocycles. The fourth-order valence-corrected chi connectivity index (χ4v) is 3.36. The fraction of sp³-hybridized carbons (Fsp3) is 0.400. The summed E-state index contributed by atoms with van der Waals surface area (Å²) in [6.07, 6.45) is 4.47. The van der Waals surface area contributed by atoms with Crippen LogP contribution in [-0.4, -0.2) is 32.1 Å². The van der Waals surface area contributed by atoms with E-state index in [1.54, 1.807) is 0 Å². The van der Waals surface area contributed by atoms with Crippen molar-refractivity contribution < 1.29 is 5.11 Å². The molecule has 1 aliphatic heterocycles. The molecule has 4 rings (SSSR count). The number of hydrogen-bond donors (Lipinski definition) is 1. The Balaban J connectivity index is 1.60. The summed E-state index contributed by atoms with van der Waals surface area (Å²) in [6, 6.07) is 8.43. The van der Waals surface area contributed by atoms with Crippen molar-refractivity contribution in [1.82, 2.24) is 14.5 Å². The van der Waals surface area contributed by atoms with Crippen LogP contribution in [0, 0.1) is 0 Å². The molecular formula is C15H17N3O. The van der Waals surface area contributed by atoms with Crippen LogP contribution in [0.2, 0.25) is 0 Å². The minimum atomic E-state index is -0.363. The lowest BCUT2D eigenvalue weighted by molar-refractivity contribution is 0.0437. The zero-order valence-electron chi connectivity index (χ0n) is 10.7. The van der Waals surface area contributed by atoms with E-state index in [0.29, 0.717) is 0 Å². The Morgan fingerprint density at radius 1 is 1.21 bits per heavy atom. The number of nitrogens with zero attached hydrogens (tertiary/aromatic N) is 3. The number of fused-ring (bicyclic) bond motifs is 2. The average molecular weight is 255 g/mol. The molecule has 0 radical (unpaired) electrons. The Kier molecular flexibility index (Phi) is 2.47. The molecule has 4 heteroatoms. The van der Waals surface area contributed by atoms with Crippen LogP contribution in [0.4, 0.5) is 0 Å². The Bertz CT molecular complexity index is 607. The Morgan fingerprint density at radius 3 is 3.00 bits per heavy atom. The van der Waals surface area contributed by atoms with Crippen molar-refractivity contribution in [2.24, 2.45) is 0 Å². The summed E-state index contributed by atoms with van der Waals surface area (Å²) in [6.45, 7) is 2.79. The number of aliphatic hydroxyl groups is 1. The quantitative estimate of drug-likeness (QED) is 0.836. The molecule has 0 bridgehead atoms. The van der Waals surface area contributed by atoms with Gasteiger partial charge in [-0.1, -0.05) is 24.3 Å². The lowest BCUT2D eigenvalue weighted by Crippen LogP contribution is -2.43. The smallest absolute Gasteiger partial charge is 0.122 e. The normalized spacial score (nSPS) is 26.2. The van der Waals surface area contributed by atoms with E-state index in [2.05, 4.69) is 26.6 Å². The minimum absolute atomic E-state index is 0.197. The van der Waals surface area contributed by atoms with Crippen LogP contribution in [0.15, 0.2) is 36.7 Å². The number of imidazole rings is 1. The fourth-order valence-electron chi connectivity index (χ4n) is 3.36. The number of aromatic nitrogens is 2. The van der Waals surface area contributed by atoms with Gasteiger partial charge in [0.2, 0.25) is 0 Å². The molecular weight excluding hydrogens is 238 g/mol. The van der Waals surface area contributed by atoms with Gasteiger partial charge >= 0.3 is 0 Å². The molecule has 1 aliphatic carbocycles. The molecule has 2 unspecified atom stereocenters. The number of hydrogen-bond acceptors (Lipinski definition) is 3. The highest BCUT2D eigenvalue weighted by Gasteiger charge is 2.36. The molecule has 1 aromatic heterocycles. The topological polar surface area (TPSA) is 41.3 Å². The van der Waals surface area contributed by atoms with Gasteiger partial charge in [-0.2, -0.15) is 0 Å². The number of aliphatic hydroxyl groups excluding tert-OH is 1. The van der Waals surface area contributed by atoms with Crippen molar-refractivity contribution in [1.29, 1.82) is 0 Å². The molecule has 0 fully saturated rings.